The Bertz CT molecular complexity index is 1160. The Labute approximate surface area is 179 Å². The molecule has 0 unspecified atom stereocenters. The molecule has 0 saturated heterocycles. The molecular formula is C22H17F5N2O3. The number of hydrogen-bond acceptors (Lipinski definition) is 4. The Hall–Kier alpha value is -3.69. The van der Waals surface area contributed by atoms with Crippen molar-refractivity contribution in [2.75, 3.05) is 7.11 Å². The van der Waals surface area contributed by atoms with Crippen LogP contribution >= 0.6 is 0 Å². The van der Waals surface area contributed by atoms with Gasteiger partial charge in [0.05, 0.1) is 18.9 Å². The van der Waals surface area contributed by atoms with Gasteiger partial charge >= 0.3 is 0 Å². The zero-order chi connectivity index (χ0) is 23.4. The van der Waals surface area contributed by atoms with E-state index >= 15 is 0 Å². The fourth-order valence-electron chi connectivity index (χ4n) is 2.81. The second kappa shape index (κ2) is 9.63. The number of aryl methyl sites for hydroxylation is 1. The third-order valence-electron chi connectivity index (χ3n) is 4.51. The van der Waals surface area contributed by atoms with E-state index in [2.05, 4.69) is 5.10 Å². The first-order valence-electron chi connectivity index (χ1n) is 9.32. The van der Waals surface area contributed by atoms with Crippen LogP contribution in [0.2, 0.25) is 0 Å². The fraction of sp³-hybridized carbons (Fsp3) is 0.182. The third-order valence-corrected chi connectivity index (χ3v) is 4.51. The number of allylic oxidation sites excluding steroid dienone is 1. The molecule has 5 nitrogen and oxygen atoms in total. The summed E-state index contributed by atoms with van der Waals surface area (Å²) < 4.78 is 79.2. The molecule has 3 rings (SSSR count). The zero-order valence-electron chi connectivity index (χ0n) is 17.0. The van der Waals surface area contributed by atoms with E-state index in [0.717, 1.165) is 0 Å². The van der Waals surface area contributed by atoms with Crippen molar-refractivity contribution in [2.45, 2.75) is 20.1 Å². The Balaban J connectivity index is 1.82. The summed E-state index contributed by atoms with van der Waals surface area (Å²) >= 11 is 0. The van der Waals surface area contributed by atoms with Gasteiger partial charge in [-0.05, 0) is 30.7 Å². The van der Waals surface area contributed by atoms with Crippen LogP contribution in [0.15, 0.2) is 36.7 Å². The van der Waals surface area contributed by atoms with E-state index in [9.17, 15) is 26.7 Å². The van der Waals surface area contributed by atoms with E-state index in [1.165, 1.54) is 37.6 Å². The molecule has 0 aliphatic rings. The molecule has 0 aliphatic carbocycles. The number of methoxy groups -OCH3 is 1. The summed E-state index contributed by atoms with van der Waals surface area (Å²) in [5.74, 6) is -12.1. The lowest BCUT2D eigenvalue weighted by Gasteiger charge is -2.13. The molecule has 2 aromatic carbocycles. The number of carbonyl (C=O) groups excluding carboxylic acids is 1. The van der Waals surface area contributed by atoms with Gasteiger partial charge in [-0.1, -0.05) is 12.1 Å². The number of hydrogen-bond donors (Lipinski definition) is 0. The average molecular weight is 452 g/mol. The summed E-state index contributed by atoms with van der Waals surface area (Å²) in [6.07, 6.45) is 5.85. The lowest BCUT2D eigenvalue weighted by atomic mass is 10.1. The number of halogens is 5. The lowest BCUT2D eigenvalue weighted by Crippen LogP contribution is -2.07. The van der Waals surface area contributed by atoms with E-state index in [-0.39, 0.29) is 17.1 Å². The second-order valence-electron chi connectivity index (χ2n) is 6.54. The maximum absolute atomic E-state index is 13.8. The van der Waals surface area contributed by atoms with Gasteiger partial charge in [-0.15, -0.1) is 0 Å². The van der Waals surface area contributed by atoms with Gasteiger partial charge in [-0.3, -0.25) is 9.48 Å². The Morgan fingerprint density at radius 2 is 1.72 bits per heavy atom. The predicted octanol–water partition coefficient (Wildman–Crippen LogP) is 5.08. The van der Waals surface area contributed by atoms with Crippen LogP contribution in [0.5, 0.6) is 11.5 Å². The highest BCUT2D eigenvalue weighted by Gasteiger charge is 2.27. The largest absolute Gasteiger partial charge is 0.496 e. The van der Waals surface area contributed by atoms with Crippen molar-refractivity contribution >= 4 is 11.9 Å². The number of benzene rings is 2. The van der Waals surface area contributed by atoms with E-state index < -0.39 is 41.4 Å². The molecule has 0 atom stereocenters. The maximum Gasteiger partial charge on any atom is 0.207 e. The van der Waals surface area contributed by atoms with Gasteiger partial charge in [-0.2, -0.15) is 13.9 Å². The molecule has 0 radical (unpaired) electrons. The molecule has 1 heterocycles. The fourth-order valence-corrected chi connectivity index (χ4v) is 2.81. The zero-order valence-corrected chi connectivity index (χ0v) is 17.0. The van der Waals surface area contributed by atoms with Gasteiger partial charge in [0.25, 0.3) is 0 Å². The summed E-state index contributed by atoms with van der Waals surface area (Å²) in [5.41, 5.74) is 1.16. The van der Waals surface area contributed by atoms with E-state index in [0.29, 0.717) is 17.7 Å². The van der Waals surface area contributed by atoms with E-state index in [1.54, 1.807) is 16.9 Å². The Morgan fingerprint density at radius 1 is 1.06 bits per heavy atom. The van der Waals surface area contributed by atoms with Crippen molar-refractivity contribution < 1.29 is 36.2 Å². The minimum atomic E-state index is -2.27. The molecule has 0 N–H and O–H groups in total. The van der Waals surface area contributed by atoms with Crippen molar-refractivity contribution in [2.24, 2.45) is 0 Å². The van der Waals surface area contributed by atoms with Gasteiger partial charge in [0.15, 0.2) is 11.5 Å². The predicted molar refractivity (Wildman–Crippen MR) is 105 cm³/mol. The number of ketones is 1. The number of carbonyl (C=O) groups is 1. The highest BCUT2D eigenvalue weighted by Crippen LogP contribution is 2.31. The quantitative estimate of drug-likeness (QED) is 0.157. The first-order chi connectivity index (χ1) is 15.3. The van der Waals surface area contributed by atoms with Crippen LogP contribution in [0, 0.1) is 29.1 Å². The van der Waals surface area contributed by atoms with E-state index in [1.807, 2.05) is 6.92 Å². The number of rotatable bonds is 8. The summed E-state index contributed by atoms with van der Waals surface area (Å²) in [7, 11) is 1.33. The van der Waals surface area contributed by atoms with Gasteiger partial charge < -0.3 is 9.47 Å². The molecule has 32 heavy (non-hydrogen) atoms. The molecular weight excluding hydrogens is 435 g/mol. The van der Waals surface area contributed by atoms with Crippen LogP contribution in [0.3, 0.4) is 0 Å². The van der Waals surface area contributed by atoms with Crippen molar-refractivity contribution in [3.05, 3.63) is 82.4 Å². The standard InChI is InChI=1S/C22H17F5N2O3/c1-3-29-10-14(9-28-29)15(30)6-4-12-5-7-16(31-2)13(8-12)11-32-22-20(26)18(24)17(23)19(25)21(22)27/h4-10H,3,11H2,1-2H3/b6-4+. The van der Waals surface area contributed by atoms with Crippen molar-refractivity contribution in [3.63, 3.8) is 0 Å². The topological polar surface area (TPSA) is 53.4 Å². The van der Waals surface area contributed by atoms with Crippen LogP contribution < -0.4 is 9.47 Å². The van der Waals surface area contributed by atoms with Crippen LogP contribution in [0.25, 0.3) is 6.08 Å². The molecule has 0 fully saturated rings. The molecule has 0 aliphatic heterocycles. The van der Waals surface area contributed by atoms with Crippen LogP contribution in [0.4, 0.5) is 22.0 Å². The van der Waals surface area contributed by atoms with Crippen LogP contribution in [0.1, 0.15) is 28.4 Å². The van der Waals surface area contributed by atoms with Crippen molar-refractivity contribution in [1.82, 2.24) is 9.78 Å². The van der Waals surface area contributed by atoms with Crippen LogP contribution in [-0.4, -0.2) is 22.7 Å². The van der Waals surface area contributed by atoms with Crippen molar-refractivity contribution in [3.8, 4) is 11.5 Å². The second-order valence-corrected chi connectivity index (χ2v) is 6.54. The molecule has 168 valence electrons. The smallest absolute Gasteiger partial charge is 0.207 e. The first-order valence-corrected chi connectivity index (χ1v) is 9.32. The van der Waals surface area contributed by atoms with Crippen molar-refractivity contribution in [1.29, 1.82) is 0 Å². The Kier molecular flexibility index (Phi) is 6.92. The SMILES string of the molecule is CCn1cc(C(=O)/C=C/c2ccc(OC)c(COc3c(F)c(F)c(F)c(F)c3F)c2)cn1. The highest BCUT2D eigenvalue weighted by molar-refractivity contribution is 6.06. The minimum Gasteiger partial charge on any atom is -0.496 e. The van der Waals surface area contributed by atoms with Gasteiger partial charge in [0.2, 0.25) is 29.1 Å². The van der Waals surface area contributed by atoms with E-state index in [4.69, 9.17) is 9.47 Å². The lowest BCUT2D eigenvalue weighted by molar-refractivity contribution is 0.104. The minimum absolute atomic E-state index is 0.251. The van der Waals surface area contributed by atoms with Gasteiger partial charge in [-0.25, -0.2) is 13.2 Å². The maximum atomic E-state index is 13.8. The summed E-state index contributed by atoms with van der Waals surface area (Å²) in [6, 6.07) is 4.61. The van der Waals surface area contributed by atoms with Gasteiger partial charge in [0, 0.05) is 18.3 Å². The van der Waals surface area contributed by atoms with Crippen LogP contribution in [-0.2, 0) is 13.2 Å². The Morgan fingerprint density at radius 3 is 2.31 bits per heavy atom. The highest BCUT2D eigenvalue weighted by atomic mass is 19.2. The third kappa shape index (κ3) is 4.63. The summed E-state index contributed by atoms with van der Waals surface area (Å²) in [6.45, 7) is 1.94. The number of ether oxygens (including phenoxy) is 2. The van der Waals surface area contributed by atoms with Gasteiger partial charge in [0.1, 0.15) is 12.4 Å². The molecule has 0 saturated carbocycles. The summed E-state index contributed by atoms with van der Waals surface area (Å²) in [5, 5.41) is 4.02. The number of aromatic nitrogens is 2. The molecule has 3 aromatic rings. The average Bonchev–Trinajstić information content (AvgIpc) is 3.29. The first kappa shape index (κ1) is 23.0. The monoisotopic (exact) mass is 452 g/mol. The summed E-state index contributed by atoms with van der Waals surface area (Å²) in [4.78, 5) is 12.3. The number of nitrogens with zero attached hydrogens (tertiary/aromatic N) is 2. The molecule has 10 heteroatoms. The molecule has 0 spiro atoms. The molecule has 0 bridgehead atoms. The molecule has 0 amide bonds. The molecule has 1 aromatic heterocycles. The normalized spacial score (nSPS) is 11.2.